The monoisotopic (exact) mass is 347 g/mol. The number of rotatable bonds is 3. The number of anilines is 1. The van der Waals surface area contributed by atoms with Gasteiger partial charge >= 0.3 is 0 Å². The van der Waals surface area contributed by atoms with Gasteiger partial charge in [-0.1, -0.05) is 32.0 Å². The summed E-state index contributed by atoms with van der Waals surface area (Å²) in [4.78, 5) is 31.9. The fraction of sp³-hybridized carbons (Fsp3) is 0.286. The second kappa shape index (κ2) is 6.41. The number of carbonyl (C=O) groups is 2. The first-order valence-electron chi connectivity index (χ1n) is 8.96. The van der Waals surface area contributed by atoms with E-state index in [4.69, 9.17) is 0 Å². The lowest BCUT2D eigenvalue weighted by molar-refractivity contribution is 0.0953. The third-order valence-electron chi connectivity index (χ3n) is 4.72. The Kier molecular flexibility index (Phi) is 4.07. The van der Waals surface area contributed by atoms with Crippen LogP contribution < -0.4 is 4.90 Å². The van der Waals surface area contributed by atoms with Crippen molar-refractivity contribution in [3.05, 3.63) is 65.7 Å². The number of ketones is 1. The number of aromatic nitrogens is 2. The zero-order valence-electron chi connectivity index (χ0n) is 15.0. The van der Waals surface area contributed by atoms with E-state index in [1.54, 1.807) is 11.0 Å². The van der Waals surface area contributed by atoms with Crippen molar-refractivity contribution in [1.82, 2.24) is 9.38 Å². The Hall–Kier alpha value is -2.95. The van der Waals surface area contributed by atoms with Crippen molar-refractivity contribution in [2.75, 3.05) is 11.4 Å². The average Bonchev–Trinajstić information content (AvgIpc) is 3.00. The molecule has 0 bridgehead atoms. The number of nitrogens with zero attached hydrogens (tertiary/aromatic N) is 3. The van der Waals surface area contributed by atoms with Gasteiger partial charge in [-0.3, -0.25) is 9.59 Å². The molecule has 0 unspecified atom stereocenters. The minimum atomic E-state index is -0.149. The summed E-state index contributed by atoms with van der Waals surface area (Å²) in [6, 6.07) is 13.1. The molecule has 1 amide bonds. The van der Waals surface area contributed by atoms with E-state index in [1.165, 1.54) is 0 Å². The normalized spacial score (nSPS) is 14.1. The van der Waals surface area contributed by atoms with Gasteiger partial charge in [0.25, 0.3) is 5.91 Å². The largest absolute Gasteiger partial charge is 0.306 e. The topological polar surface area (TPSA) is 54.7 Å². The summed E-state index contributed by atoms with van der Waals surface area (Å²) in [6.45, 7) is 4.66. The van der Waals surface area contributed by atoms with Gasteiger partial charge in [-0.2, -0.15) is 0 Å². The Bertz CT molecular complexity index is 1000. The number of carbonyl (C=O) groups excluding carboxylic acids is 2. The molecule has 0 aliphatic carbocycles. The molecule has 0 atom stereocenters. The average molecular weight is 347 g/mol. The predicted molar refractivity (Wildman–Crippen MR) is 101 cm³/mol. The van der Waals surface area contributed by atoms with Gasteiger partial charge in [0.15, 0.2) is 11.5 Å². The Labute approximate surface area is 152 Å². The van der Waals surface area contributed by atoms with Crippen molar-refractivity contribution in [1.29, 1.82) is 0 Å². The highest BCUT2D eigenvalue weighted by Crippen LogP contribution is 2.29. The number of Topliss-reactive ketones (excluding diaryl/α,β-unsaturated/α-hetero) is 1. The molecule has 5 heteroatoms. The lowest BCUT2D eigenvalue weighted by atomic mass is 10.00. The van der Waals surface area contributed by atoms with Crippen LogP contribution in [0.15, 0.2) is 48.7 Å². The van der Waals surface area contributed by atoms with Crippen LogP contribution in [-0.2, 0) is 6.42 Å². The van der Waals surface area contributed by atoms with Gasteiger partial charge in [0.1, 0.15) is 5.82 Å². The maximum Gasteiger partial charge on any atom is 0.279 e. The van der Waals surface area contributed by atoms with Gasteiger partial charge in [0, 0.05) is 31.1 Å². The predicted octanol–water partition coefficient (Wildman–Crippen LogP) is 3.77. The van der Waals surface area contributed by atoms with Gasteiger partial charge in [-0.15, -0.1) is 0 Å². The zero-order valence-corrected chi connectivity index (χ0v) is 15.0. The first-order chi connectivity index (χ1) is 12.6. The van der Waals surface area contributed by atoms with Crippen LogP contribution in [-0.4, -0.2) is 27.6 Å². The zero-order chi connectivity index (χ0) is 18.3. The molecule has 1 aliphatic heterocycles. The van der Waals surface area contributed by atoms with Crippen LogP contribution in [0.4, 0.5) is 5.69 Å². The molecule has 3 heterocycles. The minimum Gasteiger partial charge on any atom is -0.306 e. The van der Waals surface area contributed by atoms with Gasteiger partial charge < -0.3 is 9.30 Å². The summed E-state index contributed by atoms with van der Waals surface area (Å²) in [5, 5.41) is 0. The van der Waals surface area contributed by atoms with E-state index in [-0.39, 0.29) is 11.7 Å². The molecule has 1 aliphatic rings. The summed E-state index contributed by atoms with van der Waals surface area (Å²) in [5.74, 6) is 1.26. The molecule has 0 radical (unpaired) electrons. The van der Waals surface area contributed by atoms with Crippen LogP contribution in [0.5, 0.6) is 0 Å². The summed E-state index contributed by atoms with van der Waals surface area (Å²) in [5.41, 5.74) is 2.54. The van der Waals surface area contributed by atoms with Gasteiger partial charge in [0.05, 0.1) is 11.2 Å². The molecule has 0 spiro atoms. The molecule has 0 saturated heterocycles. The summed E-state index contributed by atoms with van der Waals surface area (Å²) in [7, 11) is 0. The second-order valence-corrected chi connectivity index (χ2v) is 7.08. The van der Waals surface area contributed by atoms with E-state index in [0.29, 0.717) is 35.8 Å². The Morgan fingerprint density at radius 3 is 2.73 bits per heavy atom. The van der Waals surface area contributed by atoms with E-state index in [2.05, 4.69) is 18.8 Å². The number of amides is 1. The van der Waals surface area contributed by atoms with Crippen LogP contribution in [0.3, 0.4) is 0 Å². The molecule has 26 heavy (non-hydrogen) atoms. The standard InChI is InChI=1S/C21H21N3O2/c1-14(2)13-19-22-20(17-9-5-6-11-23(17)19)21(26)24-12-10-18(25)15-7-3-4-8-16(15)24/h3-9,11,14H,10,12-13H2,1-2H3. The molecule has 0 fully saturated rings. The van der Waals surface area contributed by atoms with Crippen LogP contribution in [0.25, 0.3) is 5.52 Å². The number of hydrogen-bond donors (Lipinski definition) is 0. The fourth-order valence-corrected chi connectivity index (χ4v) is 3.52. The van der Waals surface area contributed by atoms with E-state index < -0.39 is 0 Å². The summed E-state index contributed by atoms with van der Waals surface area (Å²) in [6.07, 6.45) is 3.09. The number of pyridine rings is 1. The first kappa shape index (κ1) is 16.5. The number of fused-ring (bicyclic) bond motifs is 2. The van der Waals surface area contributed by atoms with Crippen molar-refractivity contribution in [2.45, 2.75) is 26.7 Å². The number of imidazole rings is 1. The van der Waals surface area contributed by atoms with Crippen LogP contribution >= 0.6 is 0 Å². The van der Waals surface area contributed by atoms with Crippen molar-refractivity contribution in [2.24, 2.45) is 5.92 Å². The highest BCUT2D eigenvalue weighted by atomic mass is 16.2. The van der Waals surface area contributed by atoms with E-state index in [1.807, 2.05) is 47.0 Å². The Morgan fingerprint density at radius 2 is 1.92 bits per heavy atom. The van der Waals surface area contributed by atoms with Crippen molar-refractivity contribution in [3.8, 4) is 0 Å². The molecule has 132 valence electrons. The highest BCUT2D eigenvalue weighted by Gasteiger charge is 2.30. The second-order valence-electron chi connectivity index (χ2n) is 7.08. The molecular formula is C21H21N3O2. The van der Waals surface area contributed by atoms with Gasteiger partial charge in [-0.25, -0.2) is 4.98 Å². The van der Waals surface area contributed by atoms with E-state index in [0.717, 1.165) is 17.8 Å². The van der Waals surface area contributed by atoms with Gasteiger partial charge in [-0.05, 0) is 30.2 Å². The molecular weight excluding hydrogens is 326 g/mol. The Balaban J connectivity index is 1.80. The highest BCUT2D eigenvalue weighted by molar-refractivity contribution is 6.14. The third kappa shape index (κ3) is 2.69. The third-order valence-corrected chi connectivity index (χ3v) is 4.72. The SMILES string of the molecule is CC(C)Cc1nc(C(=O)N2CCC(=O)c3ccccc32)c2ccccn12. The maximum absolute atomic E-state index is 13.3. The lowest BCUT2D eigenvalue weighted by Gasteiger charge is -2.28. The Morgan fingerprint density at radius 1 is 1.15 bits per heavy atom. The molecule has 0 N–H and O–H groups in total. The summed E-state index contributed by atoms with van der Waals surface area (Å²) < 4.78 is 1.99. The summed E-state index contributed by atoms with van der Waals surface area (Å²) >= 11 is 0. The first-order valence-corrected chi connectivity index (χ1v) is 8.96. The number of hydrogen-bond acceptors (Lipinski definition) is 3. The van der Waals surface area contributed by atoms with Crippen LogP contribution in [0.2, 0.25) is 0 Å². The maximum atomic E-state index is 13.3. The van der Waals surface area contributed by atoms with Gasteiger partial charge in [0.2, 0.25) is 0 Å². The molecule has 1 aromatic carbocycles. The number of para-hydroxylation sites is 1. The lowest BCUT2D eigenvalue weighted by Crippen LogP contribution is -2.37. The molecule has 5 nitrogen and oxygen atoms in total. The molecule has 0 saturated carbocycles. The van der Waals surface area contributed by atoms with Crippen molar-refractivity contribution < 1.29 is 9.59 Å². The number of benzene rings is 1. The minimum absolute atomic E-state index is 0.0832. The smallest absolute Gasteiger partial charge is 0.279 e. The molecule has 3 aromatic rings. The molecule has 4 rings (SSSR count). The van der Waals surface area contributed by atoms with Crippen LogP contribution in [0.1, 0.15) is 46.9 Å². The van der Waals surface area contributed by atoms with Crippen molar-refractivity contribution >= 4 is 22.9 Å². The van der Waals surface area contributed by atoms with Crippen LogP contribution in [0, 0.1) is 5.92 Å². The van der Waals surface area contributed by atoms with E-state index >= 15 is 0 Å². The van der Waals surface area contributed by atoms with E-state index in [9.17, 15) is 9.59 Å². The quantitative estimate of drug-likeness (QED) is 0.725. The fourth-order valence-electron chi connectivity index (χ4n) is 3.52. The van der Waals surface area contributed by atoms with Crippen molar-refractivity contribution in [3.63, 3.8) is 0 Å². The molecule has 2 aromatic heterocycles.